The van der Waals surface area contributed by atoms with Crippen molar-refractivity contribution in [1.82, 2.24) is 24.6 Å². The van der Waals surface area contributed by atoms with Crippen molar-refractivity contribution < 1.29 is 5.11 Å². The number of aliphatic hydroxyl groups is 1. The zero-order valence-electron chi connectivity index (χ0n) is 13.1. The number of nitrogens with zero attached hydrogens (tertiary/aromatic N) is 4. The van der Waals surface area contributed by atoms with Crippen molar-refractivity contribution in [3.63, 3.8) is 0 Å². The van der Waals surface area contributed by atoms with E-state index in [-0.39, 0.29) is 6.61 Å². The molecule has 1 unspecified atom stereocenters. The predicted molar refractivity (Wildman–Crippen MR) is 81.9 cm³/mol. The van der Waals surface area contributed by atoms with Gasteiger partial charge in [0.15, 0.2) is 0 Å². The molecule has 2 aromatic rings. The first-order valence-corrected chi connectivity index (χ1v) is 7.42. The average molecular weight is 291 g/mol. The monoisotopic (exact) mass is 291 g/mol. The summed E-state index contributed by atoms with van der Waals surface area (Å²) in [5.74, 6) is 0.535. The van der Waals surface area contributed by atoms with Gasteiger partial charge in [-0.25, -0.2) is 4.98 Å². The smallest absolute Gasteiger partial charge is 0.0946 e. The quantitative estimate of drug-likeness (QED) is 0.764. The Hall–Kier alpha value is -1.66. The van der Waals surface area contributed by atoms with Crippen LogP contribution < -0.4 is 5.32 Å². The number of imidazole rings is 1. The summed E-state index contributed by atoms with van der Waals surface area (Å²) >= 11 is 0. The third-order valence-corrected chi connectivity index (χ3v) is 3.72. The fraction of sp³-hybridized carbons (Fsp3) is 0.600. The van der Waals surface area contributed by atoms with Gasteiger partial charge in [-0.15, -0.1) is 0 Å². The summed E-state index contributed by atoms with van der Waals surface area (Å²) in [6.07, 6.45) is 5.65. The van der Waals surface area contributed by atoms with Gasteiger partial charge in [-0.1, -0.05) is 6.92 Å². The molecule has 2 aromatic heterocycles. The van der Waals surface area contributed by atoms with E-state index in [1.807, 2.05) is 30.3 Å². The molecule has 6 nitrogen and oxygen atoms in total. The van der Waals surface area contributed by atoms with Crippen molar-refractivity contribution in [2.45, 2.75) is 40.4 Å². The fourth-order valence-electron chi connectivity index (χ4n) is 2.57. The molecule has 0 saturated carbocycles. The minimum Gasteiger partial charge on any atom is -0.394 e. The van der Waals surface area contributed by atoms with Crippen LogP contribution in [0.2, 0.25) is 0 Å². The summed E-state index contributed by atoms with van der Waals surface area (Å²) < 4.78 is 3.98. The maximum atomic E-state index is 9.03. The second kappa shape index (κ2) is 7.38. The molecule has 0 amide bonds. The van der Waals surface area contributed by atoms with E-state index in [0.29, 0.717) is 12.5 Å². The third-order valence-electron chi connectivity index (χ3n) is 3.72. The SMILES string of the molecule is Cc1nn(CCO)c(C)c1CNCC(C)Cn1ccnc1. The van der Waals surface area contributed by atoms with Crippen molar-refractivity contribution in [3.8, 4) is 0 Å². The molecule has 2 N–H and O–H groups in total. The van der Waals surface area contributed by atoms with Crippen molar-refractivity contribution in [3.05, 3.63) is 35.7 Å². The highest BCUT2D eigenvalue weighted by molar-refractivity contribution is 5.24. The van der Waals surface area contributed by atoms with Crippen LogP contribution in [0.4, 0.5) is 0 Å². The number of aromatic nitrogens is 4. The number of rotatable bonds is 8. The number of aliphatic hydroxyl groups excluding tert-OH is 1. The molecule has 0 fully saturated rings. The van der Waals surface area contributed by atoms with Crippen LogP contribution in [-0.2, 0) is 19.6 Å². The van der Waals surface area contributed by atoms with Gasteiger partial charge in [-0.05, 0) is 26.3 Å². The van der Waals surface area contributed by atoms with Crippen molar-refractivity contribution in [2.75, 3.05) is 13.2 Å². The molecule has 0 saturated heterocycles. The van der Waals surface area contributed by atoms with E-state index in [4.69, 9.17) is 5.11 Å². The number of aryl methyl sites for hydroxylation is 1. The minimum atomic E-state index is 0.122. The lowest BCUT2D eigenvalue weighted by atomic mass is 10.1. The number of nitrogens with one attached hydrogen (secondary N) is 1. The molecule has 0 aliphatic heterocycles. The van der Waals surface area contributed by atoms with Crippen LogP contribution in [0.25, 0.3) is 0 Å². The molecule has 0 aromatic carbocycles. The van der Waals surface area contributed by atoms with Gasteiger partial charge in [0.2, 0.25) is 0 Å². The van der Waals surface area contributed by atoms with Crippen LogP contribution >= 0.6 is 0 Å². The fourth-order valence-corrected chi connectivity index (χ4v) is 2.57. The predicted octanol–water partition coefficient (Wildman–Crippen LogP) is 1.11. The van der Waals surface area contributed by atoms with Crippen LogP contribution in [0, 0.1) is 19.8 Å². The van der Waals surface area contributed by atoms with Crippen molar-refractivity contribution in [2.24, 2.45) is 5.92 Å². The van der Waals surface area contributed by atoms with Gasteiger partial charge in [0, 0.05) is 36.7 Å². The third kappa shape index (κ3) is 4.15. The van der Waals surface area contributed by atoms with Crippen LogP contribution in [0.15, 0.2) is 18.7 Å². The highest BCUT2D eigenvalue weighted by Crippen LogP contribution is 2.12. The molecule has 116 valence electrons. The van der Waals surface area contributed by atoms with Crippen molar-refractivity contribution in [1.29, 1.82) is 0 Å². The highest BCUT2D eigenvalue weighted by atomic mass is 16.3. The first-order chi connectivity index (χ1) is 10.1. The van der Waals surface area contributed by atoms with Gasteiger partial charge in [0.25, 0.3) is 0 Å². The Kier molecular flexibility index (Phi) is 5.52. The minimum absolute atomic E-state index is 0.122. The van der Waals surface area contributed by atoms with E-state index in [2.05, 4.69) is 33.8 Å². The molecule has 0 spiro atoms. The number of hydrogen-bond donors (Lipinski definition) is 2. The van der Waals surface area contributed by atoms with Crippen LogP contribution in [-0.4, -0.2) is 37.6 Å². The van der Waals surface area contributed by atoms with Gasteiger partial charge < -0.3 is 15.0 Å². The summed E-state index contributed by atoms with van der Waals surface area (Å²) in [7, 11) is 0. The molecular weight excluding hydrogens is 266 g/mol. The Morgan fingerprint density at radius 3 is 2.86 bits per heavy atom. The molecule has 2 rings (SSSR count). The molecule has 2 heterocycles. The molecule has 1 atom stereocenters. The summed E-state index contributed by atoms with van der Waals surface area (Å²) in [6.45, 7) is 9.71. The maximum absolute atomic E-state index is 9.03. The van der Waals surface area contributed by atoms with E-state index >= 15 is 0 Å². The molecule has 0 radical (unpaired) electrons. The van der Waals surface area contributed by atoms with Gasteiger partial charge >= 0.3 is 0 Å². The Balaban J connectivity index is 1.83. The zero-order chi connectivity index (χ0) is 15.2. The largest absolute Gasteiger partial charge is 0.394 e. The van der Waals surface area contributed by atoms with Crippen molar-refractivity contribution >= 4 is 0 Å². The van der Waals surface area contributed by atoms with Gasteiger partial charge in [0.1, 0.15) is 0 Å². The molecule has 0 bridgehead atoms. The second-order valence-electron chi connectivity index (χ2n) is 5.59. The van der Waals surface area contributed by atoms with Crippen LogP contribution in [0.3, 0.4) is 0 Å². The van der Waals surface area contributed by atoms with E-state index in [0.717, 1.165) is 31.0 Å². The highest BCUT2D eigenvalue weighted by Gasteiger charge is 2.11. The molecule has 0 aliphatic carbocycles. The van der Waals surface area contributed by atoms with Gasteiger partial charge in [-0.3, -0.25) is 4.68 Å². The van der Waals surface area contributed by atoms with Gasteiger partial charge in [0.05, 0.1) is 25.2 Å². The second-order valence-corrected chi connectivity index (χ2v) is 5.59. The Morgan fingerprint density at radius 2 is 2.19 bits per heavy atom. The first kappa shape index (κ1) is 15.7. The molecule has 0 aliphatic rings. The molecular formula is C15H25N5O. The van der Waals surface area contributed by atoms with E-state index in [1.54, 1.807) is 0 Å². The number of hydrogen-bond acceptors (Lipinski definition) is 4. The van der Waals surface area contributed by atoms with E-state index < -0.39 is 0 Å². The standard InChI is InChI=1S/C15H25N5O/c1-12(10-19-5-4-16-11-19)8-17-9-15-13(2)18-20(6-7-21)14(15)3/h4-5,11-12,17,21H,6-10H2,1-3H3. The van der Waals surface area contributed by atoms with Gasteiger partial charge in [-0.2, -0.15) is 5.10 Å². The molecule has 21 heavy (non-hydrogen) atoms. The Morgan fingerprint density at radius 1 is 1.38 bits per heavy atom. The Labute approximate surface area is 125 Å². The van der Waals surface area contributed by atoms with E-state index in [9.17, 15) is 0 Å². The first-order valence-electron chi connectivity index (χ1n) is 7.42. The Bertz CT molecular complexity index is 547. The summed E-state index contributed by atoms with van der Waals surface area (Å²) in [6, 6.07) is 0. The summed E-state index contributed by atoms with van der Waals surface area (Å²) in [4.78, 5) is 4.06. The lowest BCUT2D eigenvalue weighted by molar-refractivity contribution is 0.267. The average Bonchev–Trinajstić information content (AvgIpc) is 3.03. The lowest BCUT2D eigenvalue weighted by Gasteiger charge is -2.13. The van der Waals surface area contributed by atoms with E-state index in [1.165, 1.54) is 5.56 Å². The summed E-state index contributed by atoms with van der Waals surface area (Å²) in [5, 5.41) is 17.0. The normalized spacial score (nSPS) is 12.8. The lowest BCUT2D eigenvalue weighted by Crippen LogP contribution is -2.24. The molecule has 6 heteroatoms. The topological polar surface area (TPSA) is 67.9 Å². The zero-order valence-corrected chi connectivity index (χ0v) is 13.1. The van der Waals surface area contributed by atoms with Crippen LogP contribution in [0.5, 0.6) is 0 Å². The summed E-state index contributed by atoms with van der Waals surface area (Å²) in [5.41, 5.74) is 3.41. The van der Waals surface area contributed by atoms with Crippen LogP contribution in [0.1, 0.15) is 23.9 Å². The maximum Gasteiger partial charge on any atom is 0.0946 e.